The maximum atomic E-state index is 11.9. The predicted molar refractivity (Wildman–Crippen MR) is 77.5 cm³/mol. The van der Waals surface area contributed by atoms with E-state index in [1.165, 1.54) is 12.0 Å². The van der Waals surface area contributed by atoms with Crippen LogP contribution in [0, 0.1) is 5.92 Å². The van der Waals surface area contributed by atoms with Gasteiger partial charge in [0, 0.05) is 13.0 Å². The lowest BCUT2D eigenvalue weighted by Gasteiger charge is -2.24. The quantitative estimate of drug-likeness (QED) is 0.679. The van der Waals surface area contributed by atoms with Gasteiger partial charge in [0.15, 0.2) is 0 Å². The van der Waals surface area contributed by atoms with E-state index in [1.807, 2.05) is 0 Å². The van der Waals surface area contributed by atoms with Crippen molar-refractivity contribution >= 4 is 23.9 Å². The molecular weight excluding hydrogens is 308 g/mol. The molecule has 9 heteroatoms. The van der Waals surface area contributed by atoms with Gasteiger partial charge in [-0.2, -0.15) is 0 Å². The highest BCUT2D eigenvalue weighted by atomic mass is 16.6. The summed E-state index contributed by atoms with van der Waals surface area (Å²) in [5.41, 5.74) is -0.771. The molecule has 1 fully saturated rings. The number of esters is 1. The Morgan fingerprint density at radius 1 is 1.39 bits per heavy atom. The number of nitrogens with one attached hydrogen (secondary N) is 1. The van der Waals surface area contributed by atoms with Crippen molar-refractivity contribution in [1.29, 1.82) is 0 Å². The van der Waals surface area contributed by atoms with Gasteiger partial charge in [-0.15, -0.1) is 0 Å². The first-order valence-electron chi connectivity index (χ1n) is 7.11. The van der Waals surface area contributed by atoms with Crippen LogP contribution in [0.15, 0.2) is 0 Å². The number of likely N-dealkylation sites (tertiary alicyclic amines) is 1. The van der Waals surface area contributed by atoms with Gasteiger partial charge in [-0.25, -0.2) is 9.59 Å². The summed E-state index contributed by atoms with van der Waals surface area (Å²) in [4.78, 5) is 47.5. The third-order valence-corrected chi connectivity index (χ3v) is 3.14. The molecule has 0 aromatic carbocycles. The standard InChI is InChI=1S/C14H22N2O7/c1-14(2,3)23-13(21)15-9(11(18)19)7-16-6-8(5-10(16)17)12(20)22-4/h8-9H,5-7H2,1-4H3,(H,15,21)(H,18,19). The van der Waals surface area contributed by atoms with Crippen molar-refractivity contribution < 1.29 is 33.8 Å². The molecule has 9 nitrogen and oxygen atoms in total. The number of hydrogen-bond donors (Lipinski definition) is 2. The molecule has 0 aliphatic carbocycles. The van der Waals surface area contributed by atoms with Gasteiger partial charge in [0.25, 0.3) is 0 Å². The molecule has 1 aliphatic rings. The first-order chi connectivity index (χ1) is 10.5. The largest absolute Gasteiger partial charge is 0.480 e. The monoisotopic (exact) mass is 330 g/mol. The van der Waals surface area contributed by atoms with Crippen molar-refractivity contribution in [2.24, 2.45) is 5.92 Å². The Bertz CT molecular complexity index is 498. The number of rotatable bonds is 5. The first-order valence-corrected chi connectivity index (χ1v) is 7.11. The van der Waals surface area contributed by atoms with Crippen LogP contribution in [0.4, 0.5) is 4.79 Å². The van der Waals surface area contributed by atoms with E-state index in [2.05, 4.69) is 10.1 Å². The fraction of sp³-hybridized carbons (Fsp3) is 0.714. The van der Waals surface area contributed by atoms with Crippen LogP contribution in [0.1, 0.15) is 27.2 Å². The SMILES string of the molecule is COC(=O)C1CC(=O)N(CC(NC(=O)OC(C)(C)C)C(=O)O)C1. The number of hydrogen-bond acceptors (Lipinski definition) is 6. The lowest BCUT2D eigenvalue weighted by atomic mass is 10.1. The number of methoxy groups -OCH3 is 1. The molecule has 1 rings (SSSR count). The molecule has 0 aromatic rings. The zero-order valence-corrected chi connectivity index (χ0v) is 13.6. The lowest BCUT2D eigenvalue weighted by Crippen LogP contribution is -2.50. The molecule has 2 atom stereocenters. The van der Waals surface area contributed by atoms with Gasteiger partial charge in [0.1, 0.15) is 11.6 Å². The molecule has 1 aliphatic heterocycles. The highest BCUT2D eigenvalue weighted by Crippen LogP contribution is 2.19. The molecule has 23 heavy (non-hydrogen) atoms. The molecule has 0 saturated carbocycles. The van der Waals surface area contributed by atoms with Gasteiger partial charge in [0.2, 0.25) is 5.91 Å². The van der Waals surface area contributed by atoms with Crippen LogP contribution >= 0.6 is 0 Å². The predicted octanol–water partition coefficient (Wildman–Crippen LogP) is -0.0142. The minimum absolute atomic E-state index is 0.0363. The summed E-state index contributed by atoms with van der Waals surface area (Å²) in [7, 11) is 1.22. The minimum Gasteiger partial charge on any atom is -0.480 e. The summed E-state index contributed by atoms with van der Waals surface area (Å²) < 4.78 is 9.57. The van der Waals surface area contributed by atoms with E-state index in [0.717, 1.165) is 0 Å². The van der Waals surface area contributed by atoms with Crippen LogP contribution in [-0.4, -0.2) is 65.8 Å². The highest BCUT2D eigenvalue weighted by Gasteiger charge is 2.37. The van der Waals surface area contributed by atoms with Crippen LogP contribution < -0.4 is 5.32 Å². The second-order valence-corrected chi connectivity index (χ2v) is 6.26. The molecule has 1 heterocycles. The first kappa shape index (κ1) is 18.7. The Balaban J connectivity index is 2.66. The summed E-state index contributed by atoms with van der Waals surface area (Å²) in [6, 6.07) is -1.33. The summed E-state index contributed by atoms with van der Waals surface area (Å²) in [6.07, 6.45) is -0.924. The van der Waals surface area contributed by atoms with Crippen molar-refractivity contribution in [3.8, 4) is 0 Å². The molecule has 2 unspecified atom stereocenters. The topological polar surface area (TPSA) is 122 Å². The van der Waals surface area contributed by atoms with E-state index in [0.29, 0.717) is 0 Å². The normalized spacial score (nSPS) is 19.2. The number of nitrogens with zero attached hydrogens (tertiary/aromatic N) is 1. The van der Waals surface area contributed by atoms with Gasteiger partial charge >= 0.3 is 18.0 Å². The fourth-order valence-electron chi connectivity index (χ4n) is 2.13. The molecule has 0 spiro atoms. The Hall–Kier alpha value is -2.32. The number of alkyl carbamates (subject to hydrolysis) is 1. The molecule has 2 N–H and O–H groups in total. The smallest absolute Gasteiger partial charge is 0.408 e. The third kappa shape index (κ3) is 5.76. The average Bonchev–Trinajstić information content (AvgIpc) is 2.76. The van der Waals surface area contributed by atoms with E-state index in [9.17, 15) is 24.3 Å². The molecule has 0 bridgehead atoms. The average molecular weight is 330 g/mol. The zero-order valence-electron chi connectivity index (χ0n) is 13.6. The van der Waals surface area contributed by atoms with E-state index < -0.39 is 35.6 Å². The third-order valence-electron chi connectivity index (χ3n) is 3.14. The fourth-order valence-corrected chi connectivity index (χ4v) is 2.13. The van der Waals surface area contributed by atoms with Crippen LogP contribution in [0.2, 0.25) is 0 Å². The number of carbonyl (C=O) groups is 4. The van der Waals surface area contributed by atoms with Crippen LogP contribution in [0.25, 0.3) is 0 Å². The van der Waals surface area contributed by atoms with Crippen molar-refractivity contribution in [1.82, 2.24) is 10.2 Å². The Morgan fingerprint density at radius 3 is 2.48 bits per heavy atom. The molecule has 2 amide bonds. The van der Waals surface area contributed by atoms with E-state index in [4.69, 9.17) is 4.74 Å². The number of carboxylic acids is 1. The second kappa shape index (κ2) is 7.30. The van der Waals surface area contributed by atoms with Gasteiger partial charge in [-0.05, 0) is 20.8 Å². The molecular formula is C14H22N2O7. The minimum atomic E-state index is -1.33. The molecule has 0 aromatic heterocycles. The van der Waals surface area contributed by atoms with E-state index >= 15 is 0 Å². The van der Waals surface area contributed by atoms with Crippen molar-refractivity contribution in [2.75, 3.05) is 20.2 Å². The van der Waals surface area contributed by atoms with Gasteiger partial charge in [-0.3, -0.25) is 9.59 Å². The van der Waals surface area contributed by atoms with Gasteiger partial charge in [0.05, 0.1) is 19.6 Å². The van der Waals surface area contributed by atoms with Gasteiger partial charge < -0.3 is 24.8 Å². The van der Waals surface area contributed by atoms with Crippen molar-refractivity contribution in [2.45, 2.75) is 38.8 Å². The number of carbonyl (C=O) groups excluding carboxylic acids is 3. The lowest BCUT2D eigenvalue weighted by molar-refractivity contribution is -0.145. The van der Waals surface area contributed by atoms with Crippen molar-refractivity contribution in [3.05, 3.63) is 0 Å². The Morgan fingerprint density at radius 2 is 2.00 bits per heavy atom. The Kier molecular flexibility index (Phi) is 5.94. The summed E-state index contributed by atoms with van der Waals surface area (Å²) in [5.74, 6) is -2.81. The molecule has 0 radical (unpaired) electrons. The number of carboxylic acid groups (broad SMARTS) is 1. The highest BCUT2D eigenvalue weighted by molar-refractivity contribution is 5.87. The summed E-state index contributed by atoms with van der Waals surface area (Å²) >= 11 is 0. The summed E-state index contributed by atoms with van der Waals surface area (Å²) in [5, 5.41) is 11.4. The van der Waals surface area contributed by atoms with Crippen LogP contribution in [0.3, 0.4) is 0 Å². The maximum absolute atomic E-state index is 11.9. The van der Waals surface area contributed by atoms with Crippen LogP contribution in [0.5, 0.6) is 0 Å². The number of ether oxygens (including phenoxy) is 2. The van der Waals surface area contributed by atoms with E-state index in [-0.39, 0.29) is 25.4 Å². The molecule has 1 saturated heterocycles. The van der Waals surface area contributed by atoms with Crippen molar-refractivity contribution in [3.63, 3.8) is 0 Å². The Labute approximate surface area is 133 Å². The molecule has 130 valence electrons. The van der Waals surface area contributed by atoms with Gasteiger partial charge in [-0.1, -0.05) is 0 Å². The zero-order chi connectivity index (χ0) is 17.8. The van der Waals surface area contributed by atoms with Crippen LogP contribution in [-0.2, 0) is 23.9 Å². The number of amides is 2. The number of aliphatic carboxylic acids is 1. The second-order valence-electron chi connectivity index (χ2n) is 6.26. The maximum Gasteiger partial charge on any atom is 0.408 e. The van der Waals surface area contributed by atoms with E-state index in [1.54, 1.807) is 20.8 Å². The summed E-state index contributed by atoms with van der Waals surface area (Å²) in [6.45, 7) is 4.75.